The van der Waals surface area contributed by atoms with Crippen molar-refractivity contribution < 1.29 is 14.5 Å². The third-order valence-corrected chi connectivity index (χ3v) is 4.57. The molecule has 1 fully saturated rings. The molecule has 2 aromatic rings. The minimum atomic E-state index is -0.457. The van der Waals surface area contributed by atoms with Crippen molar-refractivity contribution in [3.8, 4) is 5.75 Å². The summed E-state index contributed by atoms with van der Waals surface area (Å²) in [6.45, 7) is 4.70. The molecule has 0 aliphatic carbocycles. The third-order valence-electron chi connectivity index (χ3n) is 4.57. The molecule has 7 nitrogen and oxygen atoms in total. The van der Waals surface area contributed by atoms with Crippen molar-refractivity contribution in [3.63, 3.8) is 0 Å². The molecule has 1 aliphatic rings. The lowest BCUT2D eigenvalue weighted by atomic mass is 10.0. The number of rotatable bonds is 4. The van der Waals surface area contributed by atoms with Gasteiger partial charge in [-0.25, -0.2) is 0 Å². The van der Waals surface area contributed by atoms with Crippen LogP contribution in [0.1, 0.15) is 34.5 Å². The molecule has 2 heterocycles. The summed E-state index contributed by atoms with van der Waals surface area (Å²) in [6, 6.07) is 8.42. The fourth-order valence-corrected chi connectivity index (χ4v) is 3.01. The quantitative estimate of drug-likeness (QED) is 0.620. The zero-order chi connectivity index (χ0) is 18.7. The van der Waals surface area contributed by atoms with E-state index >= 15 is 0 Å². The normalized spacial score (nSPS) is 14.9. The van der Waals surface area contributed by atoms with Gasteiger partial charge in [-0.2, -0.15) is 0 Å². The number of aromatic nitrogens is 1. The summed E-state index contributed by atoms with van der Waals surface area (Å²) in [7, 11) is 0. The van der Waals surface area contributed by atoms with Crippen molar-refractivity contribution in [2.24, 2.45) is 0 Å². The molecule has 0 saturated carbocycles. The number of nitro benzene ring substituents is 1. The van der Waals surface area contributed by atoms with E-state index in [1.54, 1.807) is 30.2 Å². The van der Waals surface area contributed by atoms with Gasteiger partial charge in [0.05, 0.1) is 11.1 Å². The van der Waals surface area contributed by atoms with E-state index in [1.165, 1.54) is 6.07 Å². The molecule has 0 bridgehead atoms. The number of piperidine rings is 1. The van der Waals surface area contributed by atoms with Crippen molar-refractivity contribution in [2.75, 3.05) is 13.1 Å². The molecule has 7 heteroatoms. The van der Waals surface area contributed by atoms with Crippen LogP contribution >= 0.6 is 0 Å². The number of carbonyl (C=O) groups is 1. The van der Waals surface area contributed by atoms with E-state index < -0.39 is 4.92 Å². The van der Waals surface area contributed by atoms with Gasteiger partial charge in [-0.15, -0.1) is 0 Å². The maximum absolute atomic E-state index is 12.6. The van der Waals surface area contributed by atoms with Crippen LogP contribution in [-0.2, 0) is 0 Å². The van der Waals surface area contributed by atoms with Gasteiger partial charge in [-0.1, -0.05) is 6.07 Å². The first-order valence-electron chi connectivity index (χ1n) is 8.57. The second-order valence-electron chi connectivity index (χ2n) is 6.50. The second-order valence-corrected chi connectivity index (χ2v) is 6.50. The number of nitro groups is 1. The fourth-order valence-electron chi connectivity index (χ4n) is 3.01. The van der Waals surface area contributed by atoms with E-state index in [9.17, 15) is 14.9 Å². The minimum Gasteiger partial charge on any atom is -0.489 e. The number of ether oxygens (including phenoxy) is 1. The Hall–Kier alpha value is -2.96. The van der Waals surface area contributed by atoms with E-state index in [1.807, 2.05) is 19.1 Å². The van der Waals surface area contributed by atoms with Crippen LogP contribution in [0.4, 0.5) is 5.69 Å². The molecule has 3 rings (SSSR count). The van der Waals surface area contributed by atoms with Crippen molar-refractivity contribution in [2.45, 2.75) is 32.8 Å². The summed E-state index contributed by atoms with van der Waals surface area (Å²) >= 11 is 0. The number of likely N-dealkylation sites (tertiary alicyclic amines) is 1. The molecule has 136 valence electrons. The number of amides is 1. The van der Waals surface area contributed by atoms with Crippen LogP contribution in [0.15, 0.2) is 36.5 Å². The molecule has 0 N–H and O–H groups in total. The molecule has 0 radical (unpaired) electrons. The smallest absolute Gasteiger partial charge is 0.273 e. The maximum Gasteiger partial charge on any atom is 0.273 e. The number of carbonyl (C=O) groups excluding carboxylic acids is 1. The second kappa shape index (κ2) is 7.51. The Labute approximate surface area is 151 Å². The van der Waals surface area contributed by atoms with E-state index in [0.29, 0.717) is 37.1 Å². The van der Waals surface area contributed by atoms with Crippen LogP contribution in [-0.4, -0.2) is 39.9 Å². The first kappa shape index (κ1) is 17.8. The van der Waals surface area contributed by atoms with Crippen LogP contribution in [0, 0.1) is 24.0 Å². The highest BCUT2D eigenvalue weighted by Gasteiger charge is 2.26. The lowest BCUT2D eigenvalue weighted by Gasteiger charge is -2.32. The number of hydrogen-bond donors (Lipinski definition) is 0. The number of nitrogens with zero attached hydrogens (tertiary/aromatic N) is 3. The minimum absolute atomic E-state index is 0.0269. The largest absolute Gasteiger partial charge is 0.489 e. The maximum atomic E-state index is 12.6. The Morgan fingerprint density at radius 1 is 1.23 bits per heavy atom. The van der Waals surface area contributed by atoms with E-state index in [-0.39, 0.29) is 17.7 Å². The molecule has 1 aliphatic heterocycles. The average molecular weight is 355 g/mol. The van der Waals surface area contributed by atoms with Gasteiger partial charge in [0.1, 0.15) is 11.9 Å². The average Bonchev–Trinajstić information content (AvgIpc) is 2.64. The standard InChI is InChI=1S/C19H21N3O4/c1-13-3-5-15(11-18(13)22(24)25)19(23)21-9-7-16(8-10-21)26-17-6-4-14(2)20-12-17/h3-6,11-12,16H,7-10H2,1-2H3. The molecule has 1 aromatic carbocycles. The van der Waals surface area contributed by atoms with E-state index in [2.05, 4.69) is 4.98 Å². The lowest BCUT2D eigenvalue weighted by Crippen LogP contribution is -2.41. The zero-order valence-corrected chi connectivity index (χ0v) is 14.8. The van der Waals surface area contributed by atoms with Gasteiger partial charge < -0.3 is 9.64 Å². The van der Waals surface area contributed by atoms with Gasteiger partial charge in [0, 0.05) is 48.8 Å². The Morgan fingerprint density at radius 2 is 1.96 bits per heavy atom. The zero-order valence-electron chi connectivity index (χ0n) is 14.8. The summed E-state index contributed by atoms with van der Waals surface area (Å²) in [5.41, 5.74) is 1.81. The predicted molar refractivity (Wildman–Crippen MR) is 96.4 cm³/mol. The van der Waals surface area contributed by atoms with Crippen molar-refractivity contribution in [1.82, 2.24) is 9.88 Å². The Morgan fingerprint density at radius 3 is 2.58 bits per heavy atom. The highest BCUT2D eigenvalue weighted by molar-refractivity contribution is 5.95. The third kappa shape index (κ3) is 3.99. The van der Waals surface area contributed by atoms with Crippen molar-refractivity contribution in [1.29, 1.82) is 0 Å². The predicted octanol–water partition coefficient (Wildman–Crippen LogP) is 3.29. The molecule has 0 spiro atoms. The summed E-state index contributed by atoms with van der Waals surface area (Å²) in [5, 5.41) is 11.1. The monoisotopic (exact) mass is 355 g/mol. The molecule has 1 amide bonds. The summed E-state index contributed by atoms with van der Waals surface area (Å²) < 4.78 is 5.92. The topological polar surface area (TPSA) is 85.6 Å². The van der Waals surface area contributed by atoms with Gasteiger partial charge in [0.2, 0.25) is 0 Å². The molecular weight excluding hydrogens is 334 g/mol. The number of pyridine rings is 1. The van der Waals surface area contributed by atoms with Crippen LogP contribution in [0.3, 0.4) is 0 Å². The Balaban J connectivity index is 1.61. The van der Waals surface area contributed by atoms with Gasteiger partial charge in [-0.05, 0) is 32.0 Å². The highest BCUT2D eigenvalue weighted by atomic mass is 16.6. The number of hydrogen-bond acceptors (Lipinski definition) is 5. The molecule has 0 atom stereocenters. The first-order chi connectivity index (χ1) is 12.4. The first-order valence-corrected chi connectivity index (χ1v) is 8.57. The lowest BCUT2D eigenvalue weighted by molar-refractivity contribution is -0.385. The number of aryl methyl sites for hydroxylation is 2. The summed E-state index contributed by atoms with van der Waals surface area (Å²) in [4.78, 5) is 29.2. The van der Waals surface area contributed by atoms with Gasteiger partial charge in [0.25, 0.3) is 11.6 Å². The van der Waals surface area contributed by atoms with Gasteiger partial charge >= 0.3 is 0 Å². The SMILES string of the molecule is Cc1ccc(OC2CCN(C(=O)c3ccc(C)c([N+](=O)[O-])c3)CC2)cn1. The molecule has 26 heavy (non-hydrogen) atoms. The van der Waals surface area contributed by atoms with Crippen LogP contribution in [0.5, 0.6) is 5.75 Å². The summed E-state index contributed by atoms with van der Waals surface area (Å²) in [6.07, 6.45) is 3.18. The van der Waals surface area contributed by atoms with Crippen LogP contribution in [0.25, 0.3) is 0 Å². The van der Waals surface area contributed by atoms with Crippen LogP contribution in [0.2, 0.25) is 0 Å². The van der Waals surface area contributed by atoms with Crippen molar-refractivity contribution in [3.05, 3.63) is 63.5 Å². The highest BCUT2D eigenvalue weighted by Crippen LogP contribution is 2.23. The fraction of sp³-hybridized carbons (Fsp3) is 0.368. The van der Waals surface area contributed by atoms with Gasteiger partial charge in [-0.3, -0.25) is 19.9 Å². The molecule has 0 unspecified atom stereocenters. The Kier molecular flexibility index (Phi) is 5.16. The van der Waals surface area contributed by atoms with Crippen LogP contribution < -0.4 is 4.74 Å². The van der Waals surface area contributed by atoms with Gasteiger partial charge in [0.15, 0.2) is 0 Å². The van der Waals surface area contributed by atoms with E-state index in [4.69, 9.17) is 4.74 Å². The number of benzene rings is 1. The van der Waals surface area contributed by atoms with Crippen molar-refractivity contribution >= 4 is 11.6 Å². The summed E-state index contributed by atoms with van der Waals surface area (Å²) in [5.74, 6) is 0.554. The molecule has 1 aromatic heterocycles. The Bertz CT molecular complexity index is 812. The molecular formula is C19H21N3O4. The van der Waals surface area contributed by atoms with E-state index in [0.717, 1.165) is 11.4 Å². The molecule has 1 saturated heterocycles.